The van der Waals surface area contributed by atoms with E-state index >= 15 is 0 Å². The average Bonchev–Trinajstić information content (AvgIpc) is 1.99. The first-order chi connectivity index (χ1) is 4.74. The van der Waals surface area contributed by atoms with Crippen molar-refractivity contribution >= 4 is 0 Å². The number of aliphatic hydroxyl groups is 2. The Balaban J connectivity index is 3.41. The molecule has 2 atom stereocenters. The lowest BCUT2D eigenvalue weighted by Gasteiger charge is -2.14. The number of rotatable bonds is 5. The van der Waals surface area contributed by atoms with E-state index in [0.29, 0.717) is 11.8 Å². The van der Waals surface area contributed by atoms with Gasteiger partial charge in [-0.05, 0) is 18.3 Å². The van der Waals surface area contributed by atoms with Gasteiger partial charge < -0.3 is 10.2 Å². The molecule has 2 heteroatoms. The summed E-state index contributed by atoms with van der Waals surface area (Å²) in [7, 11) is 0. The molecule has 0 fully saturated rings. The van der Waals surface area contributed by atoms with Crippen molar-refractivity contribution in [2.24, 2.45) is 11.8 Å². The molecule has 62 valence electrons. The van der Waals surface area contributed by atoms with Crippen LogP contribution in [-0.2, 0) is 0 Å². The van der Waals surface area contributed by atoms with E-state index in [1.165, 1.54) is 0 Å². The van der Waals surface area contributed by atoms with Crippen LogP contribution in [0.15, 0.2) is 0 Å². The van der Waals surface area contributed by atoms with E-state index in [1.54, 1.807) is 0 Å². The fourth-order valence-corrected chi connectivity index (χ4v) is 1.01. The predicted octanol–water partition coefficient (Wildman–Crippen LogP) is 1.02. The van der Waals surface area contributed by atoms with Crippen molar-refractivity contribution in [1.29, 1.82) is 0 Å². The molecule has 0 aromatic carbocycles. The van der Waals surface area contributed by atoms with Gasteiger partial charge in [0.15, 0.2) is 0 Å². The van der Waals surface area contributed by atoms with Gasteiger partial charge in [0.25, 0.3) is 0 Å². The Morgan fingerprint density at radius 3 is 2.10 bits per heavy atom. The maximum Gasteiger partial charge on any atom is 0.0459 e. The molecule has 0 amide bonds. The largest absolute Gasteiger partial charge is 0.396 e. The third-order valence-electron chi connectivity index (χ3n) is 1.88. The van der Waals surface area contributed by atoms with Crippen molar-refractivity contribution in [3.63, 3.8) is 0 Å². The van der Waals surface area contributed by atoms with Crippen LogP contribution in [0.1, 0.15) is 26.7 Å². The van der Waals surface area contributed by atoms with Gasteiger partial charge in [0.05, 0.1) is 0 Å². The standard InChI is InChI=1S/C8H18O2/c1-3-8(6-10)4-7(2)5-9/h7-10H,3-6H2,1-2H3. The highest BCUT2D eigenvalue weighted by Gasteiger charge is 2.08. The maximum absolute atomic E-state index is 8.79. The third-order valence-corrected chi connectivity index (χ3v) is 1.88. The highest BCUT2D eigenvalue weighted by atomic mass is 16.3. The summed E-state index contributed by atoms with van der Waals surface area (Å²) < 4.78 is 0. The van der Waals surface area contributed by atoms with Crippen LogP contribution in [0.2, 0.25) is 0 Å². The van der Waals surface area contributed by atoms with E-state index in [4.69, 9.17) is 10.2 Å². The summed E-state index contributed by atoms with van der Waals surface area (Å²) in [5.41, 5.74) is 0. The van der Waals surface area contributed by atoms with Crippen molar-refractivity contribution in [2.75, 3.05) is 13.2 Å². The molecule has 0 aromatic heterocycles. The van der Waals surface area contributed by atoms with Crippen molar-refractivity contribution < 1.29 is 10.2 Å². The van der Waals surface area contributed by atoms with Crippen LogP contribution >= 0.6 is 0 Å². The van der Waals surface area contributed by atoms with E-state index in [-0.39, 0.29) is 13.2 Å². The summed E-state index contributed by atoms with van der Waals surface area (Å²) in [6.07, 6.45) is 1.93. The highest BCUT2D eigenvalue weighted by Crippen LogP contribution is 2.13. The molecule has 10 heavy (non-hydrogen) atoms. The Morgan fingerprint density at radius 1 is 1.20 bits per heavy atom. The molecule has 0 saturated carbocycles. The lowest BCUT2D eigenvalue weighted by Crippen LogP contribution is -2.12. The second-order valence-corrected chi connectivity index (χ2v) is 2.98. The number of hydrogen-bond acceptors (Lipinski definition) is 2. The highest BCUT2D eigenvalue weighted by molar-refractivity contribution is 4.59. The van der Waals surface area contributed by atoms with Crippen LogP contribution in [0.3, 0.4) is 0 Å². The Bertz CT molecular complexity index is 69.7. The fraction of sp³-hybridized carbons (Fsp3) is 1.00. The minimum absolute atomic E-state index is 0.233. The molecule has 2 nitrogen and oxygen atoms in total. The zero-order valence-corrected chi connectivity index (χ0v) is 6.88. The summed E-state index contributed by atoms with van der Waals surface area (Å²) in [4.78, 5) is 0. The van der Waals surface area contributed by atoms with Gasteiger partial charge in [-0.15, -0.1) is 0 Å². The molecule has 2 unspecified atom stereocenters. The molecular weight excluding hydrogens is 128 g/mol. The van der Waals surface area contributed by atoms with E-state index in [9.17, 15) is 0 Å². The zero-order valence-electron chi connectivity index (χ0n) is 6.88. The van der Waals surface area contributed by atoms with Gasteiger partial charge in [0.1, 0.15) is 0 Å². The molecule has 0 saturated heterocycles. The maximum atomic E-state index is 8.79. The molecule has 0 bridgehead atoms. The monoisotopic (exact) mass is 146 g/mol. The van der Waals surface area contributed by atoms with E-state index in [0.717, 1.165) is 12.8 Å². The summed E-state index contributed by atoms with van der Waals surface area (Å²) >= 11 is 0. The molecule has 0 aromatic rings. The van der Waals surface area contributed by atoms with Gasteiger partial charge in [-0.1, -0.05) is 20.3 Å². The Hall–Kier alpha value is -0.0800. The molecule has 0 aliphatic rings. The molecule has 0 radical (unpaired) electrons. The molecule has 0 spiro atoms. The average molecular weight is 146 g/mol. The molecule has 0 heterocycles. The van der Waals surface area contributed by atoms with Gasteiger partial charge in [0.2, 0.25) is 0 Å². The van der Waals surface area contributed by atoms with Crippen LogP contribution in [0.4, 0.5) is 0 Å². The van der Waals surface area contributed by atoms with Crippen molar-refractivity contribution in [2.45, 2.75) is 26.7 Å². The molecule has 0 rings (SSSR count). The Kier molecular flexibility index (Phi) is 5.64. The third kappa shape index (κ3) is 3.85. The first-order valence-electron chi connectivity index (χ1n) is 3.96. The lowest BCUT2D eigenvalue weighted by molar-refractivity contribution is 0.166. The van der Waals surface area contributed by atoms with Gasteiger partial charge in [-0.3, -0.25) is 0 Å². The quantitative estimate of drug-likeness (QED) is 0.608. The second kappa shape index (κ2) is 5.69. The van der Waals surface area contributed by atoms with E-state index in [2.05, 4.69) is 6.92 Å². The minimum atomic E-state index is 0.233. The van der Waals surface area contributed by atoms with Crippen LogP contribution in [0, 0.1) is 11.8 Å². The number of hydrogen-bond donors (Lipinski definition) is 2. The first-order valence-corrected chi connectivity index (χ1v) is 3.96. The topological polar surface area (TPSA) is 40.5 Å². The van der Waals surface area contributed by atoms with Crippen molar-refractivity contribution in [3.8, 4) is 0 Å². The summed E-state index contributed by atoms with van der Waals surface area (Å²) in [6.45, 7) is 4.54. The molecule has 0 aliphatic carbocycles. The SMILES string of the molecule is CCC(CO)CC(C)CO. The molecule has 2 N–H and O–H groups in total. The molecule has 0 aliphatic heterocycles. The van der Waals surface area contributed by atoms with Gasteiger partial charge in [-0.25, -0.2) is 0 Å². The van der Waals surface area contributed by atoms with Gasteiger partial charge in [0, 0.05) is 13.2 Å². The lowest BCUT2D eigenvalue weighted by atomic mass is 9.95. The van der Waals surface area contributed by atoms with Crippen molar-refractivity contribution in [3.05, 3.63) is 0 Å². The normalized spacial score (nSPS) is 16.8. The van der Waals surface area contributed by atoms with Crippen LogP contribution < -0.4 is 0 Å². The summed E-state index contributed by atoms with van der Waals surface area (Å²) in [6, 6.07) is 0. The van der Waals surface area contributed by atoms with Gasteiger partial charge >= 0.3 is 0 Å². The second-order valence-electron chi connectivity index (χ2n) is 2.98. The van der Waals surface area contributed by atoms with Crippen LogP contribution in [0.25, 0.3) is 0 Å². The first kappa shape index (κ1) is 9.92. The Labute approximate surface area is 62.9 Å². The van der Waals surface area contributed by atoms with E-state index < -0.39 is 0 Å². The number of aliphatic hydroxyl groups excluding tert-OH is 2. The fourth-order valence-electron chi connectivity index (χ4n) is 1.01. The Morgan fingerprint density at radius 2 is 1.80 bits per heavy atom. The predicted molar refractivity (Wildman–Crippen MR) is 41.7 cm³/mol. The zero-order chi connectivity index (χ0) is 7.98. The van der Waals surface area contributed by atoms with Gasteiger partial charge in [-0.2, -0.15) is 0 Å². The van der Waals surface area contributed by atoms with Crippen LogP contribution in [-0.4, -0.2) is 23.4 Å². The summed E-state index contributed by atoms with van der Waals surface area (Å²) in [5, 5.41) is 17.5. The van der Waals surface area contributed by atoms with E-state index in [1.807, 2.05) is 6.92 Å². The summed E-state index contributed by atoms with van der Waals surface area (Å²) in [5.74, 6) is 0.708. The van der Waals surface area contributed by atoms with Crippen molar-refractivity contribution in [1.82, 2.24) is 0 Å². The van der Waals surface area contributed by atoms with Crippen LogP contribution in [0.5, 0.6) is 0 Å². The smallest absolute Gasteiger partial charge is 0.0459 e. The molecular formula is C8H18O2. The minimum Gasteiger partial charge on any atom is -0.396 e.